The van der Waals surface area contributed by atoms with E-state index in [0.717, 1.165) is 72.7 Å². The van der Waals surface area contributed by atoms with Crippen molar-refractivity contribution < 1.29 is 19.1 Å². The summed E-state index contributed by atoms with van der Waals surface area (Å²) in [5.74, 6) is -1.09. The summed E-state index contributed by atoms with van der Waals surface area (Å²) in [6.07, 6.45) is 6.17. The van der Waals surface area contributed by atoms with Crippen LogP contribution in [0.15, 0.2) is 39.5 Å². The summed E-state index contributed by atoms with van der Waals surface area (Å²) in [6, 6.07) is 3.84. The Balaban J connectivity index is 2.25. The number of esters is 2. The Morgan fingerprint density at radius 1 is 0.738 bits per heavy atom. The van der Waals surface area contributed by atoms with Gasteiger partial charge in [0.25, 0.3) is 0 Å². The molecule has 218 valence electrons. The molecule has 0 bridgehead atoms. The second-order valence-electron chi connectivity index (χ2n) is 9.44. The monoisotopic (exact) mass is 638 g/mol. The van der Waals surface area contributed by atoms with Gasteiger partial charge in [-0.25, -0.2) is 0 Å². The minimum absolute atomic E-state index is 0.0936. The Kier molecular flexibility index (Phi) is 12.8. The number of hydrogen-bond acceptors (Lipinski definition) is 10. The Morgan fingerprint density at radius 2 is 1.12 bits per heavy atom. The number of nitrogens with zero attached hydrogens (tertiary/aromatic N) is 4. The average Bonchev–Trinajstić information content (AvgIpc) is 3.63. The molecule has 0 saturated carbocycles. The largest absolute Gasteiger partial charge is 0.540 e. The first-order chi connectivity index (χ1) is 20.3. The summed E-state index contributed by atoms with van der Waals surface area (Å²) in [5, 5.41) is 19.2. The van der Waals surface area contributed by atoms with E-state index >= 15 is 0 Å². The lowest BCUT2D eigenvalue weighted by Crippen LogP contribution is -2.22. The van der Waals surface area contributed by atoms with E-state index in [4.69, 9.17) is 22.6 Å². The van der Waals surface area contributed by atoms with Gasteiger partial charge in [0, 0.05) is 0 Å². The van der Waals surface area contributed by atoms with Crippen LogP contribution in [0.3, 0.4) is 0 Å². The summed E-state index contributed by atoms with van der Waals surface area (Å²) >= 11 is 4.52. The van der Waals surface area contributed by atoms with E-state index in [-0.39, 0.29) is 34.7 Å². The molecule has 0 saturated heterocycles. The van der Waals surface area contributed by atoms with Crippen molar-refractivity contribution in [2.75, 3.05) is 0 Å². The number of unbranched alkanes of at least 4 members (excludes halogenated alkanes) is 2. The van der Waals surface area contributed by atoms with Crippen LogP contribution in [-0.2, 0) is 9.59 Å². The fraction of sp³-hybridized carbons (Fsp3) is 0.467. The molecule has 0 fully saturated rings. The number of carbonyl (C=O) groups excluding carboxylic acids is 2. The smallest absolute Gasteiger partial charge is 0.424 e. The van der Waals surface area contributed by atoms with E-state index < -0.39 is 11.9 Å². The first kappa shape index (κ1) is 33.5. The molecule has 2 unspecified atom stereocenters. The molecule has 2 aliphatic rings. The second-order valence-corrected chi connectivity index (χ2v) is 14.0. The molecular weight excluding hydrogens is 609 g/mol. The van der Waals surface area contributed by atoms with Crippen LogP contribution in [0.1, 0.15) is 79.1 Å². The zero-order chi connectivity index (χ0) is 30.8. The van der Waals surface area contributed by atoms with E-state index in [0.29, 0.717) is 53.7 Å². The number of hydrogen-bond donors (Lipinski definition) is 0. The van der Waals surface area contributed by atoms with E-state index in [1.54, 1.807) is 0 Å². The van der Waals surface area contributed by atoms with Crippen molar-refractivity contribution in [2.45, 2.75) is 98.6 Å². The van der Waals surface area contributed by atoms with Gasteiger partial charge in [-0.2, -0.15) is 20.2 Å². The molecule has 0 aliphatic carbocycles. The lowest BCUT2D eigenvalue weighted by Gasteiger charge is -2.20. The highest BCUT2D eigenvalue weighted by Gasteiger charge is 2.41. The van der Waals surface area contributed by atoms with Crippen LogP contribution < -0.4 is 9.47 Å². The van der Waals surface area contributed by atoms with Gasteiger partial charge in [0.2, 0.25) is 0 Å². The van der Waals surface area contributed by atoms with Crippen LogP contribution in [0, 0.1) is 47.6 Å². The number of ether oxygens (including phenoxy) is 2. The molecule has 2 aliphatic heterocycles. The van der Waals surface area contributed by atoms with Crippen LogP contribution >= 0.6 is 47.0 Å². The number of rotatable bonds is 12. The summed E-state index contributed by atoms with van der Waals surface area (Å²) in [4.78, 5) is 35.5. The Bertz CT molecular complexity index is 1310. The molecule has 1 aromatic rings. The number of thioether (sulfide) groups is 4. The van der Waals surface area contributed by atoms with Crippen LogP contribution in [0.4, 0.5) is 0 Å². The highest BCUT2D eigenvalue weighted by Crippen LogP contribution is 2.68. The summed E-state index contributed by atoms with van der Waals surface area (Å²) in [5.41, 5.74) is -0.0936. The van der Waals surface area contributed by atoms with Gasteiger partial charge in [0.05, 0.1) is 35.7 Å². The van der Waals surface area contributed by atoms with E-state index in [9.17, 15) is 20.1 Å². The Morgan fingerprint density at radius 3 is 1.43 bits per heavy atom. The van der Waals surface area contributed by atoms with Gasteiger partial charge in [-0.1, -0.05) is 100 Å². The molecule has 3 rings (SSSR count). The molecule has 0 N–H and O–H groups in total. The van der Waals surface area contributed by atoms with Gasteiger partial charge in [-0.3, -0.25) is 9.59 Å². The van der Waals surface area contributed by atoms with Crippen molar-refractivity contribution in [3.05, 3.63) is 42.7 Å². The van der Waals surface area contributed by atoms with Crippen molar-refractivity contribution >= 4 is 59.0 Å². The fourth-order valence-corrected chi connectivity index (χ4v) is 9.40. The summed E-state index contributed by atoms with van der Waals surface area (Å²) < 4.78 is 13.0. The van der Waals surface area contributed by atoms with Crippen molar-refractivity contribution in [3.8, 4) is 23.6 Å². The number of benzene rings is 1. The van der Waals surface area contributed by atoms with Gasteiger partial charge in [0.1, 0.15) is 35.1 Å². The normalized spacial score (nSPS) is 14.4. The first-order valence-corrected chi connectivity index (χ1v) is 17.0. The lowest BCUT2D eigenvalue weighted by molar-refractivity contribution is -0.141. The molecule has 0 radical (unpaired) electrons. The molecule has 0 amide bonds. The maximum absolute atomic E-state index is 13.4. The van der Waals surface area contributed by atoms with Crippen LogP contribution in [0.25, 0.3) is 9.69 Å². The zero-order valence-electron chi connectivity index (χ0n) is 23.9. The average molecular weight is 639 g/mol. The number of carbonyl (C=O) groups is 2. The SMILES string of the molecule is [C-]#[N+]C([N+]#[C-])=C1Sc2c(OC(=O)C(CC)CCCC)c3c(c(OC(=O)C(CC)CCCC)c2S1)SC(=C(C#N)C#N)S3. The van der Waals surface area contributed by atoms with E-state index in [1.165, 1.54) is 0 Å². The summed E-state index contributed by atoms with van der Waals surface area (Å²) in [6.45, 7) is 22.9. The van der Waals surface area contributed by atoms with Gasteiger partial charge >= 0.3 is 17.8 Å². The van der Waals surface area contributed by atoms with Crippen LogP contribution in [0.5, 0.6) is 11.5 Å². The van der Waals surface area contributed by atoms with Gasteiger partial charge < -0.3 is 9.47 Å². The second kappa shape index (κ2) is 16.0. The number of fused-ring (bicyclic) bond motifs is 2. The molecule has 8 nitrogen and oxygen atoms in total. The zero-order valence-corrected chi connectivity index (χ0v) is 27.1. The van der Waals surface area contributed by atoms with Gasteiger partial charge in [-0.15, -0.1) is 0 Å². The maximum Gasteiger partial charge on any atom is 0.540 e. The molecule has 0 spiro atoms. The van der Waals surface area contributed by atoms with E-state index in [1.807, 2.05) is 26.0 Å². The first-order valence-electron chi connectivity index (χ1n) is 13.7. The number of nitriles is 2. The van der Waals surface area contributed by atoms with Crippen molar-refractivity contribution in [1.82, 2.24) is 0 Å². The minimum atomic E-state index is -0.395. The fourth-order valence-electron chi connectivity index (χ4n) is 4.26. The molecule has 2 heterocycles. The predicted molar refractivity (Wildman–Crippen MR) is 166 cm³/mol. The summed E-state index contributed by atoms with van der Waals surface area (Å²) in [7, 11) is 0. The quantitative estimate of drug-likeness (QED) is 0.0950. The minimum Gasteiger partial charge on any atom is -0.424 e. The molecule has 0 aromatic heterocycles. The molecule has 1 aromatic carbocycles. The van der Waals surface area contributed by atoms with Crippen LogP contribution in [-0.4, -0.2) is 11.9 Å². The van der Waals surface area contributed by atoms with Crippen LogP contribution in [0.2, 0.25) is 0 Å². The third-order valence-electron chi connectivity index (χ3n) is 6.71. The highest BCUT2D eigenvalue weighted by atomic mass is 32.2. The van der Waals surface area contributed by atoms with Gasteiger partial charge in [0.15, 0.2) is 11.5 Å². The maximum atomic E-state index is 13.4. The Labute approximate surface area is 264 Å². The third-order valence-corrected chi connectivity index (χ3v) is 11.9. The highest BCUT2D eigenvalue weighted by molar-refractivity contribution is 8.26. The predicted octanol–water partition coefficient (Wildman–Crippen LogP) is 9.55. The third kappa shape index (κ3) is 7.31. The topological polar surface area (TPSA) is 109 Å². The Hall–Kier alpha value is -3.00. The standard InChI is InChI=1S/C30H30N4O4S4/c1-7-11-13-17(9-3)27(35)37-20-22-23(40-29(39-22)19(15-31)16-32)21(38-28(36)18(10-4)14-12-8-2)25-24(20)41-30(42-25)26(33-5)34-6/h17-18H,7-14H2,1-4H3. The lowest BCUT2D eigenvalue weighted by atomic mass is 10.00. The van der Waals surface area contributed by atoms with Gasteiger partial charge in [-0.05, 0) is 25.7 Å². The van der Waals surface area contributed by atoms with Crippen molar-refractivity contribution in [3.63, 3.8) is 0 Å². The molecule has 42 heavy (non-hydrogen) atoms. The van der Waals surface area contributed by atoms with E-state index in [2.05, 4.69) is 23.5 Å². The van der Waals surface area contributed by atoms with Crippen molar-refractivity contribution in [2.24, 2.45) is 11.8 Å². The van der Waals surface area contributed by atoms with Crippen molar-refractivity contribution in [1.29, 1.82) is 10.5 Å². The number of allylic oxidation sites excluding steroid dienone is 1. The molecule has 2 atom stereocenters. The molecule has 12 heteroatoms. The molecular formula is C30H30N4O4S4.